The van der Waals surface area contributed by atoms with E-state index >= 15 is 0 Å². The van der Waals surface area contributed by atoms with Crippen molar-refractivity contribution in [2.75, 3.05) is 17.2 Å². The van der Waals surface area contributed by atoms with Gasteiger partial charge in [-0.15, -0.1) is 10.2 Å². The molecule has 0 saturated heterocycles. The van der Waals surface area contributed by atoms with Crippen molar-refractivity contribution in [1.82, 2.24) is 10.2 Å². The lowest BCUT2D eigenvalue weighted by Gasteiger charge is -2.05. The summed E-state index contributed by atoms with van der Waals surface area (Å²) in [6, 6.07) is 8.76. The minimum atomic E-state index is -0.387. The zero-order valence-electron chi connectivity index (χ0n) is 10.4. The Morgan fingerprint density at radius 2 is 1.89 bits per heavy atom. The Bertz CT molecular complexity index is 554. The highest BCUT2D eigenvalue weighted by atomic mass is 19.1. The van der Waals surface area contributed by atoms with Crippen LogP contribution in [0, 0.1) is 5.82 Å². The normalized spacial score (nSPS) is 10.0. The van der Waals surface area contributed by atoms with E-state index in [1.165, 1.54) is 24.3 Å². The van der Waals surface area contributed by atoms with Crippen molar-refractivity contribution in [3.63, 3.8) is 0 Å². The first-order chi connectivity index (χ1) is 9.19. The molecular weight excluding hydrogens is 247 g/mol. The summed E-state index contributed by atoms with van der Waals surface area (Å²) in [5.41, 5.74) is 0.704. The van der Waals surface area contributed by atoms with Crippen LogP contribution in [-0.4, -0.2) is 22.6 Å². The Morgan fingerprint density at radius 1 is 1.16 bits per heavy atom. The highest BCUT2D eigenvalue weighted by Gasteiger charge is 2.08. The van der Waals surface area contributed by atoms with Gasteiger partial charge in [0.15, 0.2) is 5.69 Å². The molecule has 0 bridgehead atoms. The van der Waals surface area contributed by atoms with Crippen molar-refractivity contribution in [3.8, 4) is 0 Å². The fraction of sp³-hybridized carbons (Fsp3) is 0.154. The number of amides is 1. The molecule has 1 aromatic heterocycles. The zero-order valence-corrected chi connectivity index (χ0v) is 10.4. The first-order valence-corrected chi connectivity index (χ1v) is 5.83. The molecule has 98 valence electrons. The third-order valence-corrected chi connectivity index (χ3v) is 2.36. The van der Waals surface area contributed by atoms with Crippen LogP contribution in [0.2, 0.25) is 0 Å². The Kier molecular flexibility index (Phi) is 4.02. The van der Waals surface area contributed by atoms with Crippen molar-refractivity contribution in [1.29, 1.82) is 0 Å². The van der Waals surface area contributed by atoms with Gasteiger partial charge in [-0.3, -0.25) is 4.79 Å². The van der Waals surface area contributed by atoms with Gasteiger partial charge in [0.25, 0.3) is 5.91 Å². The van der Waals surface area contributed by atoms with Gasteiger partial charge in [-0.1, -0.05) is 0 Å². The van der Waals surface area contributed by atoms with Crippen molar-refractivity contribution in [2.24, 2.45) is 0 Å². The zero-order chi connectivity index (χ0) is 13.7. The number of aromatic nitrogens is 2. The Balaban J connectivity index is 2.05. The van der Waals surface area contributed by atoms with E-state index in [1.807, 2.05) is 6.92 Å². The van der Waals surface area contributed by atoms with Gasteiger partial charge in [0.05, 0.1) is 0 Å². The maximum absolute atomic E-state index is 12.7. The van der Waals surface area contributed by atoms with E-state index in [0.29, 0.717) is 11.5 Å². The summed E-state index contributed by atoms with van der Waals surface area (Å²) in [6.45, 7) is 2.67. The van der Waals surface area contributed by atoms with Gasteiger partial charge in [-0.05, 0) is 43.3 Å². The Hall–Kier alpha value is -2.50. The predicted molar refractivity (Wildman–Crippen MR) is 70.5 cm³/mol. The molecule has 0 saturated carbocycles. The molecular formula is C13H13FN4O. The van der Waals surface area contributed by atoms with Crippen LogP contribution in [-0.2, 0) is 0 Å². The number of rotatable bonds is 4. The minimum Gasteiger partial charge on any atom is -0.369 e. The summed E-state index contributed by atoms with van der Waals surface area (Å²) in [5, 5.41) is 13.3. The van der Waals surface area contributed by atoms with Crippen LogP contribution in [0.1, 0.15) is 17.4 Å². The van der Waals surface area contributed by atoms with Gasteiger partial charge in [-0.2, -0.15) is 0 Å². The summed E-state index contributed by atoms with van der Waals surface area (Å²) in [5.74, 6) is -0.129. The maximum atomic E-state index is 12.7. The molecule has 0 aliphatic heterocycles. The number of carbonyl (C=O) groups excluding carboxylic acids is 1. The van der Waals surface area contributed by atoms with E-state index in [2.05, 4.69) is 20.8 Å². The smallest absolute Gasteiger partial charge is 0.276 e. The van der Waals surface area contributed by atoms with Crippen molar-refractivity contribution in [2.45, 2.75) is 6.92 Å². The summed E-state index contributed by atoms with van der Waals surface area (Å²) < 4.78 is 12.7. The molecule has 2 aromatic rings. The third kappa shape index (κ3) is 3.48. The molecule has 0 aliphatic rings. The second-order valence-corrected chi connectivity index (χ2v) is 3.80. The van der Waals surface area contributed by atoms with Gasteiger partial charge in [0.1, 0.15) is 11.6 Å². The maximum Gasteiger partial charge on any atom is 0.276 e. The van der Waals surface area contributed by atoms with Crippen LogP contribution in [0.3, 0.4) is 0 Å². The summed E-state index contributed by atoms with van der Waals surface area (Å²) >= 11 is 0. The lowest BCUT2D eigenvalue weighted by Crippen LogP contribution is -2.14. The fourth-order valence-electron chi connectivity index (χ4n) is 1.46. The number of nitrogens with zero attached hydrogens (tertiary/aromatic N) is 2. The molecule has 1 heterocycles. The van der Waals surface area contributed by atoms with E-state index in [1.54, 1.807) is 12.1 Å². The average molecular weight is 260 g/mol. The lowest BCUT2D eigenvalue weighted by molar-refractivity contribution is 0.102. The molecule has 1 aromatic carbocycles. The third-order valence-electron chi connectivity index (χ3n) is 2.36. The van der Waals surface area contributed by atoms with Gasteiger partial charge in [0.2, 0.25) is 0 Å². The fourth-order valence-corrected chi connectivity index (χ4v) is 1.46. The molecule has 0 atom stereocenters. The number of benzene rings is 1. The van der Waals surface area contributed by atoms with Gasteiger partial charge in [-0.25, -0.2) is 4.39 Å². The highest BCUT2D eigenvalue weighted by Crippen LogP contribution is 2.10. The number of halogens is 1. The summed E-state index contributed by atoms with van der Waals surface area (Å²) in [7, 11) is 0. The minimum absolute atomic E-state index is 0.200. The monoisotopic (exact) mass is 260 g/mol. The summed E-state index contributed by atoms with van der Waals surface area (Å²) in [4.78, 5) is 11.8. The van der Waals surface area contributed by atoms with Crippen LogP contribution >= 0.6 is 0 Å². The Labute approximate surface area is 109 Å². The van der Waals surface area contributed by atoms with E-state index in [9.17, 15) is 9.18 Å². The largest absolute Gasteiger partial charge is 0.369 e. The first kappa shape index (κ1) is 12.9. The molecule has 1 amide bonds. The quantitative estimate of drug-likeness (QED) is 0.885. The van der Waals surface area contributed by atoms with Gasteiger partial charge in [0, 0.05) is 12.2 Å². The van der Waals surface area contributed by atoms with E-state index in [0.717, 1.165) is 6.54 Å². The number of anilines is 2. The average Bonchev–Trinajstić information content (AvgIpc) is 2.42. The number of hydrogen-bond donors (Lipinski definition) is 2. The molecule has 5 nitrogen and oxygen atoms in total. The summed E-state index contributed by atoms with van der Waals surface area (Å²) in [6.07, 6.45) is 0. The number of hydrogen-bond acceptors (Lipinski definition) is 4. The van der Waals surface area contributed by atoms with E-state index < -0.39 is 0 Å². The number of carbonyl (C=O) groups is 1. The van der Waals surface area contributed by atoms with Gasteiger partial charge < -0.3 is 10.6 Å². The molecule has 0 spiro atoms. The van der Waals surface area contributed by atoms with E-state index in [4.69, 9.17) is 0 Å². The molecule has 0 fully saturated rings. The topological polar surface area (TPSA) is 66.9 Å². The van der Waals surface area contributed by atoms with Gasteiger partial charge >= 0.3 is 0 Å². The van der Waals surface area contributed by atoms with Crippen LogP contribution in [0.25, 0.3) is 0 Å². The van der Waals surface area contributed by atoms with Crippen LogP contribution in [0.5, 0.6) is 0 Å². The molecule has 0 unspecified atom stereocenters. The molecule has 2 rings (SSSR count). The van der Waals surface area contributed by atoms with Crippen LogP contribution in [0.4, 0.5) is 15.9 Å². The molecule has 6 heteroatoms. The molecule has 0 aliphatic carbocycles. The Morgan fingerprint density at radius 3 is 2.47 bits per heavy atom. The predicted octanol–water partition coefficient (Wildman–Crippen LogP) is 2.30. The second-order valence-electron chi connectivity index (χ2n) is 3.80. The van der Waals surface area contributed by atoms with Crippen molar-refractivity contribution >= 4 is 17.4 Å². The number of nitrogens with one attached hydrogen (secondary N) is 2. The lowest BCUT2D eigenvalue weighted by atomic mass is 10.3. The van der Waals surface area contributed by atoms with Crippen LogP contribution < -0.4 is 10.6 Å². The van der Waals surface area contributed by atoms with Crippen molar-refractivity contribution < 1.29 is 9.18 Å². The second kappa shape index (κ2) is 5.90. The first-order valence-electron chi connectivity index (χ1n) is 5.83. The van der Waals surface area contributed by atoms with Crippen molar-refractivity contribution in [3.05, 3.63) is 47.9 Å². The SMILES string of the molecule is CCNc1ccc(C(=O)Nc2ccc(F)cc2)nn1. The highest BCUT2D eigenvalue weighted by molar-refractivity contribution is 6.02. The van der Waals surface area contributed by atoms with Crippen LogP contribution in [0.15, 0.2) is 36.4 Å². The standard InChI is InChI=1S/C13H13FN4O/c1-2-15-12-8-7-11(17-18-12)13(19)16-10-5-3-9(14)4-6-10/h3-8H,2H2,1H3,(H,15,18)(H,16,19). The molecule has 19 heavy (non-hydrogen) atoms. The molecule has 0 radical (unpaired) electrons. The van der Waals surface area contributed by atoms with E-state index in [-0.39, 0.29) is 17.4 Å². The molecule has 2 N–H and O–H groups in total.